The number of nitrogens with zero attached hydrogens (tertiary/aromatic N) is 6. The Morgan fingerprint density at radius 3 is 2.61 bits per heavy atom. The van der Waals surface area contributed by atoms with Gasteiger partial charge < -0.3 is 15.1 Å². The van der Waals surface area contributed by atoms with Crippen molar-refractivity contribution in [2.45, 2.75) is 12.5 Å². The highest BCUT2D eigenvalue weighted by molar-refractivity contribution is 7.08. The number of hydrogen-bond donors (Lipinski definition) is 1. The third kappa shape index (κ3) is 4.37. The average Bonchev–Trinajstić information content (AvgIpc) is 3.42. The highest BCUT2D eigenvalue weighted by Gasteiger charge is 2.20. The second-order valence-corrected chi connectivity index (χ2v) is 7.73. The van der Waals surface area contributed by atoms with Gasteiger partial charge in [0.2, 0.25) is 5.91 Å². The molecule has 9 heteroatoms. The number of benzene rings is 1. The van der Waals surface area contributed by atoms with E-state index in [-0.39, 0.29) is 18.4 Å². The first-order valence-corrected chi connectivity index (χ1v) is 10.2. The number of aromatic nitrogens is 4. The smallest absolute Gasteiger partial charge is 0.226 e. The second kappa shape index (κ2) is 8.49. The summed E-state index contributed by atoms with van der Waals surface area (Å²) in [4.78, 5) is 17.3. The molecule has 28 heavy (non-hydrogen) atoms. The zero-order chi connectivity index (χ0) is 19.3. The van der Waals surface area contributed by atoms with E-state index in [2.05, 4.69) is 49.8 Å². The van der Waals surface area contributed by atoms with E-state index in [1.54, 1.807) is 22.3 Å². The van der Waals surface area contributed by atoms with Crippen LogP contribution in [0, 0.1) is 0 Å². The van der Waals surface area contributed by atoms with Crippen LogP contribution in [-0.4, -0.2) is 64.2 Å². The summed E-state index contributed by atoms with van der Waals surface area (Å²) < 4.78 is 1.62. The molecular weight excluding hydrogens is 374 g/mol. The van der Waals surface area contributed by atoms with Gasteiger partial charge in [-0.3, -0.25) is 4.79 Å². The molecule has 0 radical (unpaired) electrons. The molecule has 4 rings (SSSR count). The minimum absolute atomic E-state index is 0.0703. The lowest BCUT2D eigenvalue weighted by atomic mass is 10.1. The van der Waals surface area contributed by atoms with Crippen molar-refractivity contribution in [3.8, 4) is 0 Å². The number of tetrazole rings is 1. The molecule has 0 bridgehead atoms. The molecule has 0 aliphatic carbocycles. The van der Waals surface area contributed by atoms with Gasteiger partial charge in [0, 0.05) is 37.6 Å². The lowest BCUT2D eigenvalue weighted by molar-refractivity contribution is -0.116. The van der Waals surface area contributed by atoms with Gasteiger partial charge in [0.25, 0.3) is 0 Å². The monoisotopic (exact) mass is 397 g/mol. The fourth-order valence-electron chi connectivity index (χ4n) is 3.35. The van der Waals surface area contributed by atoms with Gasteiger partial charge in [-0.1, -0.05) is 0 Å². The first kappa shape index (κ1) is 18.6. The van der Waals surface area contributed by atoms with Crippen molar-refractivity contribution in [1.82, 2.24) is 25.1 Å². The number of nitrogens with one attached hydrogen (secondary N) is 1. The summed E-state index contributed by atoms with van der Waals surface area (Å²) in [6.07, 6.45) is 1.81. The van der Waals surface area contributed by atoms with E-state index in [9.17, 15) is 4.79 Å². The summed E-state index contributed by atoms with van der Waals surface area (Å²) in [6.45, 7) is 4.19. The molecule has 0 saturated carbocycles. The first-order chi connectivity index (χ1) is 13.7. The number of piperazine rings is 1. The highest BCUT2D eigenvalue weighted by atomic mass is 32.1. The number of amides is 1. The van der Waals surface area contributed by atoms with Crippen LogP contribution in [-0.2, 0) is 4.79 Å². The summed E-state index contributed by atoms with van der Waals surface area (Å²) in [5, 5.41) is 18.4. The van der Waals surface area contributed by atoms with Crippen LogP contribution >= 0.6 is 11.3 Å². The molecule has 8 nitrogen and oxygen atoms in total. The van der Waals surface area contributed by atoms with E-state index in [1.165, 1.54) is 5.69 Å². The Kier molecular flexibility index (Phi) is 5.63. The molecule has 3 heterocycles. The zero-order valence-electron chi connectivity index (χ0n) is 15.7. The Balaban J connectivity index is 1.39. The molecule has 1 N–H and O–H groups in total. The third-order valence-electron chi connectivity index (χ3n) is 5.01. The van der Waals surface area contributed by atoms with Gasteiger partial charge in [-0.05, 0) is 64.1 Å². The minimum Gasteiger partial charge on any atom is -0.369 e. The Labute approximate surface area is 167 Å². The summed E-state index contributed by atoms with van der Waals surface area (Å²) in [5.41, 5.74) is 3.01. The molecule has 146 valence electrons. The number of rotatable bonds is 6. The van der Waals surface area contributed by atoms with Crippen molar-refractivity contribution in [1.29, 1.82) is 0 Å². The van der Waals surface area contributed by atoms with E-state index >= 15 is 0 Å². The van der Waals surface area contributed by atoms with Gasteiger partial charge in [0.05, 0.1) is 12.5 Å². The van der Waals surface area contributed by atoms with Crippen LogP contribution in [0.2, 0.25) is 0 Å². The molecular formula is C19H23N7OS. The SMILES string of the molecule is CN1CCN(c2ccc(NC(=O)C[C@@H](c3ccsc3)n3cnnn3)cc2)CC1. The molecule has 0 spiro atoms. The van der Waals surface area contributed by atoms with Crippen LogP contribution in [0.1, 0.15) is 18.0 Å². The Bertz CT molecular complexity index is 837. The van der Waals surface area contributed by atoms with Crippen molar-refractivity contribution in [3.05, 3.63) is 53.0 Å². The predicted octanol–water partition coefficient (Wildman–Crippen LogP) is 2.10. The van der Waals surface area contributed by atoms with Crippen LogP contribution in [0.15, 0.2) is 47.4 Å². The largest absolute Gasteiger partial charge is 0.369 e. The summed E-state index contributed by atoms with van der Waals surface area (Å²) >= 11 is 1.59. The van der Waals surface area contributed by atoms with E-state index in [0.29, 0.717) is 0 Å². The Morgan fingerprint density at radius 2 is 1.96 bits per heavy atom. The number of carbonyl (C=O) groups excluding carboxylic acids is 1. The standard InChI is InChI=1S/C19H23N7OS/c1-24-7-9-25(10-8-24)17-4-2-16(3-5-17)21-19(27)12-18(15-6-11-28-13-15)26-14-20-22-23-26/h2-6,11,13-14,18H,7-10,12H2,1H3,(H,21,27)/t18-/m0/s1. The fourth-order valence-corrected chi connectivity index (χ4v) is 4.05. The molecule has 1 aromatic carbocycles. The number of likely N-dealkylation sites (N-methyl/N-ethyl adjacent to an activating group) is 1. The normalized spacial score (nSPS) is 16.1. The van der Waals surface area contributed by atoms with Gasteiger partial charge >= 0.3 is 0 Å². The topological polar surface area (TPSA) is 79.2 Å². The van der Waals surface area contributed by atoms with Crippen molar-refractivity contribution in [3.63, 3.8) is 0 Å². The first-order valence-electron chi connectivity index (χ1n) is 9.27. The highest BCUT2D eigenvalue weighted by Crippen LogP contribution is 2.24. The van der Waals surface area contributed by atoms with Crippen LogP contribution in [0.5, 0.6) is 0 Å². The second-order valence-electron chi connectivity index (χ2n) is 6.95. The molecule has 1 atom stereocenters. The summed E-state index contributed by atoms with van der Waals surface area (Å²) in [7, 11) is 2.15. The van der Waals surface area contributed by atoms with E-state index in [0.717, 1.165) is 37.4 Å². The number of hydrogen-bond acceptors (Lipinski definition) is 7. The van der Waals surface area contributed by atoms with Crippen LogP contribution < -0.4 is 10.2 Å². The van der Waals surface area contributed by atoms with E-state index in [4.69, 9.17) is 0 Å². The van der Waals surface area contributed by atoms with Crippen LogP contribution in [0.3, 0.4) is 0 Å². The zero-order valence-corrected chi connectivity index (χ0v) is 16.5. The minimum atomic E-state index is -0.217. The lowest BCUT2D eigenvalue weighted by Crippen LogP contribution is -2.44. The fraction of sp³-hybridized carbons (Fsp3) is 0.368. The van der Waals surface area contributed by atoms with Gasteiger partial charge in [-0.2, -0.15) is 11.3 Å². The van der Waals surface area contributed by atoms with Crippen LogP contribution in [0.4, 0.5) is 11.4 Å². The maximum atomic E-state index is 12.6. The molecule has 1 aliphatic rings. The Hall–Kier alpha value is -2.78. The molecule has 1 fully saturated rings. The van der Waals surface area contributed by atoms with Crippen molar-refractivity contribution >= 4 is 28.6 Å². The molecule has 0 unspecified atom stereocenters. The van der Waals surface area contributed by atoms with Gasteiger partial charge in [-0.25, -0.2) is 4.68 Å². The summed E-state index contributed by atoms with van der Waals surface area (Å²) in [6, 6.07) is 9.84. The average molecular weight is 398 g/mol. The van der Waals surface area contributed by atoms with Gasteiger partial charge in [-0.15, -0.1) is 5.10 Å². The number of carbonyl (C=O) groups is 1. The quantitative estimate of drug-likeness (QED) is 0.686. The molecule has 1 saturated heterocycles. The van der Waals surface area contributed by atoms with Gasteiger partial charge in [0.15, 0.2) is 0 Å². The van der Waals surface area contributed by atoms with E-state index in [1.807, 2.05) is 29.0 Å². The van der Waals surface area contributed by atoms with Gasteiger partial charge in [0.1, 0.15) is 6.33 Å². The molecule has 1 aliphatic heterocycles. The van der Waals surface area contributed by atoms with Crippen molar-refractivity contribution in [2.24, 2.45) is 0 Å². The maximum absolute atomic E-state index is 12.6. The van der Waals surface area contributed by atoms with Crippen LogP contribution in [0.25, 0.3) is 0 Å². The number of thiophene rings is 1. The molecule has 1 amide bonds. The number of anilines is 2. The van der Waals surface area contributed by atoms with Crippen molar-refractivity contribution < 1.29 is 4.79 Å². The lowest BCUT2D eigenvalue weighted by Gasteiger charge is -2.34. The molecule has 3 aromatic rings. The third-order valence-corrected chi connectivity index (χ3v) is 5.71. The maximum Gasteiger partial charge on any atom is 0.226 e. The Morgan fingerprint density at radius 1 is 1.18 bits per heavy atom. The molecule has 2 aromatic heterocycles. The summed E-state index contributed by atoms with van der Waals surface area (Å²) in [5.74, 6) is -0.0703. The van der Waals surface area contributed by atoms with Crippen molar-refractivity contribution in [2.75, 3.05) is 43.4 Å². The predicted molar refractivity (Wildman–Crippen MR) is 110 cm³/mol. The van der Waals surface area contributed by atoms with E-state index < -0.39 is 0 Å².